The van der Waals surface area contributed by atoms with Gasteiger partial charge in [0.2, 0.25) is 0 Å². The molecule has 6 heteroatoms. The lowest BCUT2D eigenvalue weighted by molar-refractivity contribution is -0.112. The van der Waals surface area contributed by atoms with E-state index in [1.807, 2.05) is 73.7 Å². The molecule has 0 fully saturated rings. The SMILES string of the molecule is Cc1cccc(NC(=O)/C(C#N)=C\c2cc(I)c(OCc3ccccc3)c(I)c2)c1. The van der Waals surface area contributed by atoms with Crippen LogP contribution in [-0.2, 0) is 11.4 Å². The van der Waals surface area contributed by atoms with Gasteiger partial charge >= 0.3 is 0 Å². The molecule has 30 heavy (non-hydrogen) atoms. The average Bonchev–Trinajstić information content (AvgIpc) is 2.72. The zero-order valence-electron chi connectivity index (χ0n) is 16.2. The maximum Gasteiger partial charge on any atom is 0.266 e. The van der Waals surface area contributed by atoms with Crippen molar-refractivity contribution in [3.63, 3.8) is 0 Å². The number of carbonyl (C=O) groups excluding carboxylic acids is 1. The number of aryl methyl sites for hydroxylation is 1. The molecule has 0 aliphatic rings. The second-order valence-corrected chi connectivity index (χ2v) is 8.91. The molecule has 0 unspecified atom stereocenters. The summed E-state index contributed by atoms with van der Waals surface area (Å²) in [6, 6.07) is 23.2. The molecule has 3 aromatic carbocycles. The minimum atomic E-state index is -0.433. The summed E-state index contributed by atoms with van der Waals surface area (Å²) >= 11 is 4.42. The molecule has 1 amide bonds. The molecule has 150 valence electrons. The van der Waals surface area contributed by atoms with E-state index in [0.717, 1.165) is 29.6 Å². The summed E-state index contributed by atoms with van der Waals surface area (Å²) in [4.78, 5) is 12.5. The molecule has 3 rings (SSSR count). The van der Waals surface area contributed by atoms with E-state index in [9.17, 15) is 10.1 Å². The third kappa shape index (κ3) is 6.06. The first-order valence-electron chi connectivity index (χ1n) is 9.12. The molecule has 3 aromatic rings. The molecular formula is C24H18I2N2O2. The van der Waals surface area contributed by atoms with Crippen LogP contribution >= 0.6 is 45.2 Å². The summed E-state index contributed by atoms with van der Waals surface area (Å²) in [6.45, 7) is 2.42. The van der Waals surface area contributed by atoms with Gasteiger partial charge in [0.15, 0.2) is 0 Å². The van der Waals surface area contributed by atoms with Crippen molar-refractivity contribution < 1.29 is 9.53 Å². The van der Waals surface area contributed by atoms with Crippen LogP contribution in [0.25, 0.3) is 6.08 Å². The number of nitrogens with one attached hydrogen (secondary N) is 1. The van der Waals surface area contributed by atoms with Gasteiger partial charge in [-0.3, -0.25) is 4.79 Å². The number of amides is 1. The molecule has 0 bridgehead atoms. The number of benzene rings is 3. The maximum absolute atomic E-state index is 12.5. The van der Waals surface area contributed by atoms with Gasteiger partial charge in [-0.25, -0.2) is 0 Å². The van der Waals surface area contributed by atoms with Crippen LogP contribution in [0.15, 0.2) is 72.3 Å². The summed E-state index contributed by atoms with van der Waals surface area (Å²) in [5, 5.41) is 12.3. The third-order valence-electron chi connectivity index (χ3n) is 4.20. The van der Waals surface area contributed by atoms with Crippen molar-refractivity contribution in [3.05, 3.63) is 96.1 Å². The summed E-state index contributed by atoms with van der Waals surface area (Å²) in [5.74, 6) is 0.359. The van der Waals surface area contributed by atoms with E-state index in [0.29, 0.717) is 12.3 Å². The third-order valence-corrected chi connectivity index (χ3v) is 5.80. The van der Waals surface area contributed by atoms with Gasteiger partial charge < -0.3 is 10.1 Å². The van der Waals surface area contributed by atoms with Gasteiger partial charge in [0.25, 0.3) is 5.91 Å². The number of hydrogen-bond donors (Lipinski definition) is 1. The number of rotatable bonds is 6. The number of carbonyl (C=O) groups is 1. The largest absolute Gasteiger partial charge is 0.487 e. The maximum atomic E-state index is 12.5. The van der Waals surface area contributed by atoms with Crippen LogP contribution in [0.5, 0.6) is 5.75 Å². The Kier molecular flexibility index (Phi) is 7.87. The molecule has 0 atom stereocenters. The van der Waals surface area contributed by atoms with E-state index in [1.165, 1.54) is 0 Å². The monoisotopic (exact) mass is 620 g/mol. The molecular weight excluding hydrogens is 602 g/mol. The number of anilines is 1. The molecule has 0 aliphatic heterocycles. The minimum absolute atomic E-state index is 0.0426. The normalized spacial score (nSPS) is 10.9. The van der Waals surface area contributed by atoms with E-state index in [2.05, 4.69) is 50.5 Å². The van der Waals surface area contributed by atoms with E-state index in [4.69, 9.17) is 4.74 Å². The fourth-order valence-electron chi connectivity index (χ4n) is 2.77. The quantitative estimate of drug-likeness (QED) is 0.199. The predicted octanol–water partition coefficient (Wildman–Crippen LogP) is 6.33. The second-order valence-electron chi connectivity index (χ2n) is 6.58. The second kappa shape index (κ2) is 10.6. The van der Waals surface area contributed by atoms with Gasteiger partial charge in [-0.05, 0) is 99.1 Å². The molecule has 0 heterocycles. The zero-order chi connectivity index (χ0) is 21.5. The van der Waals surface area contributed by atoms with E-state index in [-0.39, 0.29) is 5.57 Å². The van der Waals surface area contributed by atoms with Gasteiger partial charge in [0, 0.05) is 5.69 Å². The number of ether oxygens (including phenoxy) is 1. The number of halogens is 2. The van der Waals surface area contributed by atoms with Crippen molar-refractivity contribution >= 4 is 62.9 Å². The van der Waals surface area contributed by atoms with E-state index < -0.39 is 5.91 Å². The van der Waals surface area contributed by atoms with Crippen molar-refractivity contribution in [2.45, 2.75) is 13.5 Å². The Labute approximate surface area is 203 Å². The number of nitriles is 1. The first-order chi connectivity index (χ1) is 14.5. The molecule has 0 saturated heterocycles. The fourth-order valence-corrected chi connectivity index (χ4v) is 4.89. The Morgan fingerprint density at radius 1 is 1.07 bits per heavy atom. The molecule has 0 aromatic heterocycles. The van der Waals surface area contributed by atoms with Gasteiger partial charge in [0.1, 0.15) is 24.0 Å². The van der Waals surface area contributed by atoms with Crippen molar-refractivity contribution in [2.24, 2.45) is 0 Å². The molecule has 0 spiro atoms. The van der Waals surface area contributed by atoms with Crippen LogP contribution in [0, 0.1) is 25.4 Å². The van der Waals surface area contributed by atoms with Crippen LogP contribution in [0.2, 0.25) is 0 Å². The molecule has 4 nitrogen and oxygen atoms in total. The molecule has 1 N–H and O–H groups in total. The topological polar surface area (TPSA) is 62.1 Å². The Balaban J connectivity index is 1.77. The van der Waals surface area contributed by atoms with E-state index in [1.54, 1.807) is 12.1 Å². The molecule has 0 radical (unpaired) electrons. The summed E-state index contributed by atoms with van der Waals surface area (Å²) in [5.41, 5.74) is 3.60. The van der Waals surface area contributed by atoms with Gasteiger partial charge in [-0.1, -0.05) is 42.5 Å². The highest BCUT2D eigenvalue weighted by molar-refractivity contribution is 14.1. The minimum Gasteiger partial charge on any atom is -0.487 e. The number of hydrogen-bond acceptors (Lipinski definition) is 3. The zero-order valence-corrected chi connectivity index (χ0v) is 20.5. The highest BCUT2D eigenvalue weighted by atomic mass is 127. The van der Waals surface area contributed by atoms with Crippen molar-refractivity contribution in [1.29, 1.82) is 5.26 Å². The van der Waals surface area contributed by atoms with Gasteiger partial charge in [-0.15, -0.1) is 0 Å². The Bertz CT molecular complexity index is 1110. The van der Waals surface area contributed by atoms with Crippen LogP contribution in [0.3, 0.4) is 0 Å². The smallest absolute Gasteiger partial charge is 0.266 e. The lowest BCUT2D eigenvalue weighted by Gasteiger charge is -2.12. The van der Waals surface area contributed by atoms with Crippen LogP contribution < -0.4 is 10.1 Å². The summed E-state index contributed by atoms with van der Waals surface area (Å²) < 4.78 is 7.83. The Hall–Kier alpha value is -2.38. The molecule has 0 aliphatic carbocycles. The summed E-state index contributed by atoms with van der Waals surface area (Å²) in [6.07, 6.45) is 1.59. The average molecular weight is 620 g/mol. The fraction of sp³-hybridized carbons (Fsp3) is 0.0833. The summed E-state index contributed by atoms with van der Waals surface area (Å²) in [7, 11) is 0. The first-order valence-corrected chi connectivity index (χ1v) is 11.3. The Morgan fingerprint density at radius 3 is 2.40 bits per heavy atom. The Morgan fingerprint density at radius 2 is 1.77 bits per heavy atom. The van der Waals surface area contributed by atoms with Crippen molar-refractivity contribution in [2.75, 3.05) is 5.32 Å². The van der Waals surface area contributed by atoms with Crippen LogP contribution in [-0.4, -0.2) is 5.91 Å². The number of nitrogens with zero attached hydrogens (tertiary/aromatic N) is 1. The predicted molar refractivity (Wildman–Crippen MR) is 136 cm³/mol. The van der Waals surface area contributed by atoms with Gasteiger partial charge in [0.05, 0.1) is 7.14 Å². The van der Waals surface area contributed by atoms with Crippen molar-refractivity contribution in [3.8, 4) is 11.8 Å². The van der Waals surface area contributed by atoms with Crippen LogP contribution in [0.4, 0.5) is 5.69 Å². The lowest BCUT2D eigenvalue weighted by Crippen LogP contribution is -2.13. The first kappa shape index (κ1) is 22.3. The highest BCUT2D eigenvalue weighted by Crippen LogP contribution is 2.30. The lowest BCUT2D eigenvalue weighted by atomic mass is 10.1. The molecule has 0 saturated carbocycles. The standard InChI is InChI=1S/C24H18I2N2O2/c1-16-6-5-9-20(10-16)28-24(29)19(14-27)11-18-12-21(25)23(22(26)13-18)30-15-17-7-3-2-4-8-17/h2-13H,15H2,1H3,(H,28,29)/b19-11-. The van der Waals surface area contributed by atoms with E-state index >= 15 is 0 Å². The van der Waals surface area contributed by atoms with Crippen molar-refractivity contribution in [1.82, 2.24) is 0 Å². The van der Waals surface area contributed by atoms with Crippen LogP contribution in [0.1, 0.15) is 16.7 Å². The van der Waals surface area contributed by atoms with Gasteiger partial charge in [-0.2, -0.15) is 5.26 Å². The highest BCUT2D eigenvalue weighted by Gasteiger charge is 2.13.